The molecule has 3 nitrogen and oxygen atoms in total. The summed E-state index contributed by atoms with van der Waals surface area (Å²) in [5.74, 6) is 0.395. The van der Waals surface area contributed by atoms with Crippen LogP contribution in [0.25, 0.3) is 0 Å². The molecule has 1 rings (SSSR count). The molecule has 1 N–H and O–H groups in total. The number of rotatable bonds is 2. The van der Waals surface area contributed by atoms with Crippen LogP contribution in [0.4, 0.5) is 5.69 Å². The zero-order valence-electron chi connectivity index (χ0n) is 7.67. The van der Waals surface area contributed by atoms with E-state index in [-0.39, 0.29) is 4.99 Å². The van der Waals surface area contributed by atoms with Gasteiger partial charge in [0.15, 0.2) is 10.7 Å². The zero-order chi connectivity index (χ0) is 11.4. The van der Waals surface area contributed by atoms with Crippen LogP contribution in [-0.4, -0.2) is 12.1 Å². The summed E-state index contributed by atoms with van der Waals surface area (Å²) in [5, 5.41) is 11.9. The summed E-state index contributed by atoms with van der Waals surface area (Å²) in [5.41, 5.74) is 0.553. The quantitative estimate of drug-likeness (QED) is 0.830. The summed E-state index contributed by atoms with van der Waals surface area (Å²) in [4.78, 5) is 0.0484. The Labute approximate surface area is 103 Å². The topological polar surface area (TPSA) is 45.0 Å². The average Bonchev–Trinajstić information content (AvgIpc) is 2.17. The highest BCUT2D eigenvalue weighted by Crippen LogP contribution is 2.35. The summed E-state index contributed by atoms with van der Waals surface area (Å²) in [7, 11) is 1.47. The fraction of sp³-hybridized carbons (Fsp3) is 0.111. The molecule has 15 heavy (non-hydrogen) atoms. The third kappa shape index (κ3) is 2.96. The molecule has 0 heterocycles. The Morgan fingerprint density at radius 3 is 2.40 bits per heavy atom. The molecule has 0 aliphatic carbocycles. The van der Waals surface area contributed by atoms with E-state index in [1.807, 2.05) is 0 Å². The van der Waals surface area contributed by atoms with E-state index in [2.05, 4.69) is 5.32 Å². The molecule has 0 atom stereocenters. The number of hydrogen-bond acceptors (Lipinski definition) is 3. The van der Waals surface area contributed by atoms with E-state index in [9.17, 15) is 0 Å². The standard InChI is InChI=1S/C9H6Cl2N2OS/c1-14-9-6(10)2-5(3-7(9)11)13-8(15)4-12/h2-3H,1H3,(H,13,15). The monoisotopic (exact) mass is 260 g/mol. The molecule has 0 saturated heterocycles. The first-order valence-electron chi connectivity index (χ1n) is 3.82. The molecule has 1 aromatic rings. The smallest absolute Gasteiger partial charge is 0.182 e. The predicted molar refractivity (Wildman–Crippen MR) is 64.8 cm³/mol. The molecule has 0 aliphatic rings. The summed E-state index contributed by atoms with van der Waals surface area (Å²) < 4.78 is 4.97. The van der Waals surface area contributed by atoms with Gasteiger partial charge in [-0.3, -0.25) is 0 Å². The SMILES string of the molecule is COc1c(Cl)cc(NC(=S)C#N)cc1Cl. The van der Waals surface area contributed by atoms with Crippen LogP contribution in [0.5, 0.6) is 5.75 Å². The normalized spacial score (nSPS) is 9.20. The molecule has 1 aromatic carbocycles. The summed E-state index contributed by atoms with van der Waals surface area (Å²) >= 11 is 16.5. The Bertz CT molecular complexity index is 419. The van der Waals surface area contributed by atoms with Gasteiger partial charge in [0.25, 0.3) is 0 Å². The fourth-order valence-corrected chi connectivity index (χ4v) is 1.75. The number of thiocarbonyl (C=S) groups is 1. The molecule has 0 fully saturated rings. The maximum absolute atomic E-state index is 8.49. The van der Waals surface area contributed by atoms with Gasteiger partial charge in [0, 0.05) is 5.69 Å². The van der Waals surface area contributed by atoms with Gasteiger partial charge in [0.1, 0.15) is 6.07 Å². The van der Waals surface area contributed by atoms with Crippen molar-refractivity contribution in [2.24, 2.45) is 0 Å². The highest BCUT2D eigenvalue weighted by atomic mass is 35.5. The van der Waals surface area contributed by atoms with Crippen LogP contribution in [0.15, 0.2) is 12.1 Å². The third-order valence-electron chi connectivity index (χ3n) is 1.56. The number of nitrogens with zero attached hydrogens (tertiary/aromatic N) is 1. The van der Waals surface area contributed by atoms with Gasteiger partial charge in [-0.15, -0.1) is 0 Å². The maximum Gasteiger partial charge on any atom is 0.182 e. The number of methoxy groups -OCH3 is 1. The van der Waals surface area contributed by atoms with Crippen molar-refractivity contribution in [2.75, 3.05) is 12.4 Å². The van der Waals surface area contributed by atoms with E-state index >= 15 is 0 Å². The van der Waals surface area contributed by atoms with E-state index in [4.69, 9.17) is 45.4 Å². The molecule has 0 radical (unpaired) electrons. The van der Waals surface area contributed by atoms with Crippen LogP contribution in [-0.2, 0) is 0 Å². The van der Waals surface area contributed by atoms with Gasteiger partial charge >= 0.3 is 0 Å². The average molecular weight is 261 g/mol. The molecule has 78 valence electrons. The number of anilines is 1. The lowest BCUT2D eigenvalue weighted by atomic mass is 10.3. The Hall–Kier alpha value is -1.02. The van der Waals surface area contributed by atoms with Crippen molar-refractivity contribution in [1.82, 2.24) is 0 Å². The van der Waals surface area contributed by atoms with Crippen molar-refractivity contribution in [3.63, 3.8) is 0 Å². The molecular weight excluding hydrogens is 255 g/mol. The zero-order valence-corrected chi connectivity index (χ0v) is 10.0. The Morgan fingerprint density at radius 1 is 1.47 bits per heavy atom. The first-order chi connectivity index (χ1) is 7.08. The Morgan fingerprint density at radius 2 is 2.00 bits per heavy atom. The second-order valence-corrected chi connectivity index (χ2v) is 3.76. The molecular formula is C9H6Cl2N2OS. The van der Waals surface area contributed by atoms with Gasteiger partial charge in [0.05, 0.1) is 17.2 Å². The van der Waals surface area contributed by atoms with Crippen LogP contribution in [0.1, 0.15) is 0 Å². The van der Waals surface area contributed by atoms with Crippen molar-refractivity contribution in [2.45, 2.75) is 0 Å². The molecule has 0 aliphatic heterocycles. The molecule has 0 aromatic heterocycles. The van der Waals surface area contributed by atoms with Crippen LogP contribution in [0, 0.1) is 11.3 Å². The number of nitriles is 1. The Kier molecular flexibility index (Phi) is 4.15. The van der Waals surface area contributed by atoms with E-state index < -0.39 is 0 Å². The van der Waals surface area contributed by atoms with Crippen molar-refractivity contribution in [1.29, 1.82) is 5.26 Å². The maximum atomic E-state index is 8.49. The van der Waals surface area contributed by atoms with Crippen LogP contribution in [0.3, 0.4) is 0 Å². The van der Waals surface area contributed by atoms with Crippen molar-refractivity contribution in [3.05, 3.63) is 22.2 Å². The minimum Gasteiger partial charge on any atom is -0.494 e. The third-order valence-corrected chi connectivity index (χ3v) is 2.32. The van der Waals surface area contributed by atoms with Gasteiger partial charge in [-0.1, -0.05) is 23.2 Å². The molecule has 0 amide bonds. The predicted octanol–water partition coefficient (Wildman–Crippen LogP) is 3.26. The minimum atomic E-state index is 0.0484. The molecule has 0 bridgehead atoms. The van der Waals surface area contributed by atoms with Crippen LogP contribution in [0.2, 0.25) is 10.0 Å². The highest BCUT2D eigenvalue weighted by molar-refractivity contribution is 7.81. The number of nitrogens with one attached hydrogen (secondary N) is 1. The van der Waals surface area contributed by atoms with Crippen molar-refractivity contribution >= 4 is 46.1 Å². The number of benzene rings is 1. The molecule has 0 unspecified atom stereocenters. The minimum absolute atomic E-state index is 0.0484. The largest absolute Gasteiger partial charge is 0.494 e. The second kappa shape index (κ2) is 5.17. The van der Waals surface area contributed by atoms with Gasteiger partial charge < -0.3 is 10.1 Å². The highest BCUT2D eigenvalue weighted by Gasteiger charge is 2.08. The van der Waals surface area contributed by atoms with E-state index in [1.165, 1.54) is 7.11 Å². The Balaban J connectivity index is 3.05. The molecule has 0 spiro atoms. The number of hydrogen-bond donors (Lipinski definition) is 1. The fourth-order valence-electron chi connectivity index (χ4n) is 0.986. The summed E-state index contributed by atoms with van der Waals surface area (Å²) in [6.07, 6.45) is 0. The molecule has 6 heteroatoms. The van der Waals surface area contributed by atoms with E-state index in [0.717, 1.165) is 0 Å². The van der Waals surface area contributed by atoms with Crippen LogP contribution >= 0.6 is 35.4 Å². The number of halogens is 2. The van der Waals surface area contributed by atoms with Crippen molar-refractivity contribution < 1.29 is 4.74 Å². The molecule has 0 saturated carbocycles. The lowest BCUT2D eigenvalue weighted by molar-refractivity contribution is 0.415. The van der Waals surface area contributed by atoms with Crippen LogP contribution < -0.4 is 10.1 Å². The van der Waals surface area contributed by atoms with Gasteiger partial charge in [-0.05, 0) is 24.4 Å². The van der Waals surface area contributed by atoms with Crippen molar-refractivity contribution in [3.8, 4) is 11.8 Å². The number of ether oxygens (including phenoxy) is 1. The van der Waals surface area contributed by atoms with Gasteiger partial charge in [-0.25, -0.2) is 0 Å². The summed E-state index contributed by atoms with van der Waals surface area (Å²) in [6, 6.07) is 4.94. The summed E-state index contributed by atoms with van der Waals surface area (Å²) in [6.45, 7) is 0. The van der Waals surface area contributed by atoms with E-state index in [1.54, 1.807) is 18.2 Å². The second-order valence-electron chi connectivity index (χ2n) is 2.54. The first kappa shape index (κ1) is 12.1. The lowest BCUT2D eigenvalue weighted by Gasteiger charge is -2.08. The van der Waals surface area contributed by atoms with E-state index in [0.29, 0.717) is 21.5 Å². The van der Waals surface area contributed by atoms with Gasteiger partial charge in [0.2, 0.25) is 0 Å². The lowest BCUT2D eigenvalue weighted by Crippen LogP contribution is -2.05. The first-order valence-corrected chi connectivity index (χ1v) is 4.99. The van der Waals surface area contributed by atoms with Gasteiger partial charge in [-0.2, -0.15) is 5.26 Å².